The molecule has 0 bridgehead atoms. The van der Waals surface area contributed by atoms with E-state index < -0.39 is 9.60 Å². The molecule has 0 aromatic heterocycles. The molecule has 0 aromatic carbocycles. The molecule has 1 rings (SSSR count). The highest BCUT2D eigenvalue weighted by molar-refractivity contribution is 14.1. The van der Waals surface area contributed by atoms with Crippen molar-refractivity contribution in [2.24, 2.45) is 0 Å². The normalized spacial score (nSPS) is 30.2. The lowest BCUT2D eigenvalue weighted by atomic mass is 10.0. The van der Waals surface area contributed by atoms with Crippen LogP contribution in [0.1, 0.15) is 6.42 Å². The minimum absolute atomic E-state index is 0.00611. The summed E-state index contributed by atoms with van der Waals surface area (Å²) in [6.45, 7) is 0. The molecule has 0 amide bonds. The van der Waals surface area contributed by atoms with Crippen LogP contribution in [0, 0.1) is 0 Å². The first-order valence-electron chi connectivity index (χ1n) is 3.16. The predicted molar refractivity (Wildman–Crippen MR) is 53.6 cm³/mol. The van der Waals surface area contributed by atoms with E-state index in [1.807, 2.05) is 0 Å². The van der Waals surface area contributed by atoms with Gasteiger partial charge in [-0.25, -0.2) is 0 Å². The Morgan fingerprint density at radius 1 is 1.50 bits per heavy atom. The van der Waals surface area contributed by atoms with E-state index in [0.717, 1.165) is 0 Å². The van der Waals surface area contributed by atoms with Crippen LogP contribution in [0.5, 0.6) is 0 Å². The van der Waals surface area contributed by atoms with Crippen molar-refractivity contribution < 1.29 is 13.2 Å². The van der Waals surface area contributed by atoms with E-state index in [4.69, 9.17) is 0 Å². The second-order valence-electron chi connectivity index (χ2n) is 2.50. The van der Waals surface area contributed by atoms with Crippen LogP contribution in [0.15, 0.2) is 22.7 Å². The summed E-state index contributed by atoms with van der Waals surface area (Å²) in [5.74, 6) is 0. The maximum atomic E-state index is 12.4. The molecule has 1 atom stereocenters. The molecule has 0 aliphatic heterocycles. The van der Waals surface area contributed by atoms with Crippen molar-refractivity contribution in [2.45, 2.75) is 16.0 Å². The van der Waals surface area contributed by atoms with Crippen molar-refractivity contribution >= 4 is 38.5 Å². The number of halogens is 5. The molecule has 0 N–H and O–H groups in total. The Morgan fingerprint density at radius 3 is 2.42 bits per heavy atom. The Labute approximate surface area is 90.2 Å². The molecule has 5 heteroatoms. The molecule has 0 radical (unpaired) electrons. The maximum absolute atomic E-state index is 12.4. The summed E-state index contributed by atoms with van der Waals surface area (Å²) in [7, 11) is 0. The lowest BCUT2D eigenvalue weighted by molar-refractivity contribution is -0.142. The van der Waals surface area contributed by atoms with Gasteiger partial charge in [0.2, 0.25) is 0 Å². The van der Waals surface area contributed by atoms with Crippen LogP contribution >= 0.6 is 38.5 Å². The third-order valence-corrected chi connectivity index (χ3v) is 3.39. The molecule has 0 nitrogen and oxygen atoms in total. The largest absolute Gasteiger partial charge is 0.406 e. The quantitative estimate of drug-likeness (QED) is 0.457. The lowest BCUT2D eigenvalue weighted by Crippen LogP contribution is -2.37. The van der Waals surface area contributed by atoms with E-state index in [9.17, 15) is 13.2 Å². The Hall–Kier alpha value is 0.480. The lowest BCUT2D eigenvalue weighted by Gasteiger charge is -2.27. The molecule has 0 fully saturated rings. The monoisotopic (exact) mass is 352 g/mol. The summed E-state index contributed by atoms with van der Waals surface area (Å²) < 4.78 is 35.9. The van der Waals surface area contributed by atoms with Gasteiger partial charge in [-0.05, 0) is 12.5 Å². The molecule has 1 unspecified atom stereocenters. The van der Waals surface area contributed by atoms with Crippen LogP contribution in [-0.4, -0.2) is 9.60 Å². The van der Waals surface area contributed by atoms with Crippen LogP contribution in [0.3, 0.4) is 0 Å². The third-order valence-electron chi connectivity index (χ3n) is 1.53. The average Bonchev–Trinajstić information content (AvgIpc) is 1.83. The average molecular weight is 353 g/mol. The van der Waals surface area contributed by atoms with E-state index in [1.54, 1.807) is 6.08 Å². The van der Waals surface area contributed by atoms with E-state index in [0.29, 0.717) is 4.48 Å². The van der Waals surface area contributed by atoms with Crippen molar-refractivity contribution in [3.05, 3.63) is 22.7 Å². The van der Waals surface area contributed by atoms with E-state index in [1.165, 1.54) is 34.7 Å². The number of alkyl halides is 4. The fourth-order valence-corrected chi connectivity index (χ4v) is 2.46. The van der Waals surface area contributed by atoms with Crippen LogP contribution in [0.25, 0.3) is 0 Å². The highest BCUT2D eigenvalue weighted by Crippen LogP contribution is 2.45. The van der Waals surface area contributed by atoms with Crippen LogP contribution in [0.2, 0.25) is 0 Å². The zero-order valence-electron chi connectivity index (χ0n) is 5.83. The van der Waals surface area contributed by atoms with Crippen molar-refractivity contribution in [3.8, 4) is 0 Å². The zero-order chi connectivity index (χ0) is 9.41. The van der Waals surface area contributed by atoms with Crippen LogP contribution in [0.4, 0.5) is 13.2 Å². The second kappa shape index (κ2) is 3.32. The second-order valence-corrected chi connectivity index (χ2v) is 5.34. The summed E-state index contributed by atoms with van der Waals surface area (Å²) >= 11 is 4.46. The third kappa shape index (κ3) is 2.04. The standard InChI is InChI=1S/C7H5BrF3I/c8-5-2-1-3-6(12,4-5)7(9,10)11/h1-2,4H,3H2. The Balaban J connectivity index is 2.95. The summed E-state index contributed by atoms with van der Waals surface area (Å²) in [5, 5.41) is 0. The summed E-state index contributed by atoms with van der Waals surface area (Å²) in [5.41, 5.74) is 0. The van der Waals surface area contributed by atoms with Gasteiger partial charge in [-0.3, -0.25) is 0 Å². The van der Waals surface area contributed by atoms with E-state index in [2.05, 4.69) is 15.9 Å². The highest BCUT2D eigenvalue weighted by Gasteiger charge is 2.51. The topological polar surface area (TPSA) is 0 Å². The van der Waals surface area contributed by atoms with Crippen molar-refractivity contribution in [2.75, 3.05) is 0 Å². The SMILES string of the molecule is FC(F)(F)C1(I)C=C(Br)C=CC1. The molecular formula is C7H5BrF3I. The Kier molecular flexibility index (Phi) is 2.92. The molecule has 0 spiro atoms. The number of hydrogen-bond acceptors (Lipinski definition) is 0. The van der Waals surface area contributed by atoms with Gasteiger partial charge in [0.1, 0.15) is 3.42 Å². The van der Waals surface area contributed by atoms with Crippen LogP contribution in [-0.2, 0) is 0 Å². The van der Waals surface area contributed by atoms with Gasteiger partial charge in [0.15, 0.2) is 0 Å². The van der Waals surface area contributed by atoms with Gasteiger partial charge in [0.05, 0.1) is 0 Å². The van der Waals surface area contributed by atoms with Gasteiger partial charge in [0, 0.05) is 4.48 Å². The summed E-state index contributed by atoms with van der Waals surface area (Å²) in [6.07, 6.45) is 0.156. The van der Waals surface area contributed by atoms with Gasteiger partial charge < -0.3 is 0 Å². The van der Waals surface area contributed by atoms with E-state index >= 15 is 0 Å². The fourth-order valence-electron chi connectivity index (χ4n) is 0.866. The maximum Gasteiger partial charge on any atom is 0.406 e. The number of rotatable bonds is 0. The fraction of sp³-hybridized carbons (Fsp3) is 0.429. The molecule has 1 aliphatic rings. The Morgan fingerprint density at radius 2 is 2.08 bits per heavy atom. The molecule has 68 valence electrons. The first kappa shape index (κ1) is 10.6. The minimum Gasteiger partial charge on any atom is -0.169 e. The Bertz CT molecular complexity index is 244. The number of hydrogen-bond donors (Lipinski definition) is 0. The van der Waals surface area contributed by atoms with Gasteiger partial charge in [0.25, 0.3) is 0 Å². The predicted octanol–water partition coefficient (Wildman–Crippen LogP) is 3.96. The first-order chi connectivity index (χ1) is 5.35. The van der Waals surface area contributed by atoms with Crippen molar-refractivity contribution in [1.29, 1.82) is 0 Å². The van der Waals surface area contributed by atoms with Gasteiger partial charge >= 0.3 is 6.18 Å². The zero-order valence-corrected chi connectivity index (χ0v) is 9.57. The molecular weight excluding hydrogens is 348 g/mol. The highest BCUT2D eigenvalue weighted by atomic mass is 127. The van der Waals surface area contributed by atoms with Crippen LogP contribution < -0.4 is 0 Å². The first-order valence-corrected chi connectivity index (χ1v) is 5.03. The molecule has 0 aromatic rings. The minimum atomic E-state index is -4.18. The number of allylic oxidation sites excluding steroid dienone is 4. The smallest absolute Gasteiger partial charge is 0.169 e. The van der Waals surface area contributed by atoms with E-state index in [-0.39, 0.29) is 6.42 Å². The molecule has 0 heterocycles. The summed E-state index contributed by atoms with van der Waals surface area (Å²) in [4.78, 5) is 0. The molecule has 1 aliphatic carbocycles. The van der Waals surface area contributed by atoms with Crippen molar-refractivity contribution in [3.63, 3.8) is 0 Å². The van der Waals surface area contributed by atoms with Crippen molar-refractivity contribution in [1.82, 2.24) is 0 Å². The molecule has 0 saturated heterocycles. The van der Waals surface area contributed by atoms with Gasteiger partial charge in [-0.15, -0.1) is 0 Å². The van der Waals surface area contributed by atoms with Gasteiger partial charge in [-0.2, -0.15) is 13.2 Å². The molecule has 0 saturated carbocycles. The molecule has 12 heavy (non-hydrogen) atoms. The van der Waals surface area contributed by atoms with Gasteiger partial charge in [-0.1, -0.05) is 50.7 Å². The summed E-state index contributed by atoms with van der Waals surface area (Å²) in [6, 6.07) is 0.